The largest absolute Gasteiger partial charge is 0.486 e. The standard InChI is InChI=1S/C9H11NO3/c10-6-1-2-8-9(3-6)12-5-7(4-11)13-8/h1-3,7,11H,4-5,10H2/t7-/m1/s1. The van der Waals surface area contributed by atoms with Gasteiger partial charge in [0.05, 0.1) is 6.61 Å². The molecule has 0 radical (unpaired) electrons. The lowest BCUT2D eigenvalue weighted by Crippen LogP contribution is -2.32. The molecule has 1 aromatic rings. The van der Waals surface area contributed by atoms with Gasteiger partial charge in [-0.3, -0.25) is 0 Å². The Labute approximate surface area is 75.9 Å². The van der Waals surface area contributed by atoms with Crippen LogP contribution in [0.1, 0.15) is 0 Å². The lowest BCUT2D eigenvalue weighted by atomic mass is 10.2. The van der Waals surface area contributed by atoms with Gasteiger partial charge >= 0.3 is 0 Å². The summed E-state index contributed by atoms with van der Waals surface area (Å²) in [5, 5.41) is 8.84. The van der Waals surface area contributed by atoms with E-state index in [1.54, 1.807) is 18.2 Å². The monoisotopic (exact) mass is 181 g/mol. The number of anilines is 1. The number of ether oxygens (including phenoxy) is 2. The molecule has 0 unspecified atom stereocenters. The van der Waals surface area contributed by atoms with Crippen LogP contribution >= 0.6 is 0 Å². The van der Waals surface area contributed by atoms with Crippen molar-refractivity contribution in [2.75, 3.05) is 18.9 Å². The van der Waals surface area contributed by atoms with Crippen molar-refractivity contribution in [1.29, 1.82) is 0 Å². The maximum Gasteiger partial charge on any atom is 0.163 e. The third-order valence-corrected chi connectivity index (χ3v) is 1.89. The van der Waals surface area contributed by atoms with E-state index in [0.717, 1.165) is 0 Å². The van der Waals surface area contributed by atoms with Crippen molar-refractivity contribution < 1.29 is 14.6 Å². The third-order valence-electron chi connectivity index (χ3n) is 1.89. The Morgan fingerprint density at radius 2 is 2.31 bits per heavy atom. The van der Waals surface area contributed by atoms with E-state index in [1.165, 1.54) is 0 Å². The van der Waals surface area contributed by atoms with Crippen LogP contribution in [0.25, 0.3) is 0 Å². The minimum absolute atomic E-state index is 0.0379. The number of nitrogen functional groups attached to an aromatic ring is 1. The molecule has 0 saturated carbocycles. The molecule has 3 N–H and O–H groups in total. The van der Waals surface area contributed by atoms with Crippen LogP contribution in [0.5, 0.6) is 11.5 Å². The first kappa shape index (κ1) is 8.19. The van der Waals surface area contributed by atoms with Gasteiger partial charge in [0.1, 0.15) is 6.61 Å². The van der Waals surface area contributed by atoms with E-state index in [9.17, 15) is 0 Å². The average molecular weight is 181 g/mol. The number of fused-ring (bicyclic) bond motifs is 1. The number of nitrogens with two attached hydrogens (primary N) is 1. The fraction of sp³-hybridized carbons (Fsp3) is 0.333. The molecule has 2 rings (SSSR count). The van der Waals surface area contributed by atoms with Crippen LogP contribution in [0.2, 0.25) is 0 Å². The summed E-state index contributed by atoms with van der Waals surface area (Å²) in [6, 6.07) is 5.19. The number of rotatable bonds is 1. The smallest absolute Gasteiger partial charge is 0.163 e. The Morgan fingerprint density at radius 1 is 1.46 bits per heavy atom. The van der Waals surface area contributed by atoms with Gasteiger partial charge in [-0.05, 0) is 12.1 Å². The maximum atomic E-state index is 8.84. The highest BCUT2D eigenvalue weighted by Crippen LogP contribution is 2.33. The van der Waals surface area contributed by atoms with E-state index in [4.69, 9.17) is 20.3 Å². The van der Waals surface area contributed by atoms with E-state index in [-0.39, 0.29) is 12.7 Å². The molecule has 1 atom stereocenters. The molecule has 0 aromatic heterocycles. The summed E-state index contributed by atoms with van der Waals surface area (Å²) in [7, 11) is 0. The summed E-state index contributed by atoms with van der Waals surface area (Å²) >= 11 is 0. The topological polar surface area (TPSA) is 64.7 Å². The summed E-state index contributed by atoms with van der Waals surface area (Å²) in [4.78, 5) is 0. The SMILES string of the molecule is Nc1ccc2c(c1)OC[C@@H](CO)O2. The molecule has 0 bridgehead atoms. The summed E-state index contributed by atoms with van der Waals surface area (Å²) < 4.78 is 10.7. The highest BCUT2D eigenvalue weighted by atomic mass is 16.6. The molecule has 0 spiro atoms. The van der Waals surface area contributed by atoms with Gasteiger partial charge < -0.3 is 20.3 Å². The van der Waals surface area contributed by atoms with Gasteiger partial charge in [-0.15, -0.1) is 0 Å². The van der Waals surface area contributed by atoms with E-state index in [2.05, 4.69) is 0 Å². The number of hydrogen-bond acceptors (Lipinski definition) is 4. The van der Waals surface area contributed by atoms with Crippen molar-refractivity contribution >= 4 is 5.69 Å². The molecule has 4 nitrogen and oxygen atoms in total. The second-order valence-corrected chi connectivity index (χ2v) is 2.94. The van der Waals surface area contributed by atoms with Crippen LogP contribution < -0.4 is 15.2 Å². The molecule has 0 fully saturated rings. The second-order valence-electron chi connectivity index (χ2n) is 2.94. The summed E-state index contributed by atoms with van der Waals surface area (Å²) in [5.74, 6) is 1.28. The quantitative estimate of drug-likeness (QED) is 0.615. The van der Waals surface area contributed by atoms with Crippen LogP contribution in [0.15, 0.2) is 18.2 Å². The minimum Gasteiger partial charge on any atom is -0.486 e. The Balaban J connectivity index is 2.26. The van der Waals surface area contributed by atoms with Gasteiger partial charge in [-0.1, -0.05) is 0 Å². The van der Waals surface area contributed by atoms with Crippen LogP contribution in [0.4, 0.5) is 5.69 Å². The molecule has 0 aliphatic carbocycles. The lowest BCUT2D eigenvalue weighted by Gasteiger charge is -2.25. The van der Waals surface area contributed by atoms with Gasteiger partial charge in [0, 0.05) is 11.8 Å². The predicted molar refractivity (Wildman–Crippen MR) is 47.9 cm³/mol. The average Bonchev–Trinajstić information content (AvgIpc) is 2.17. The van der Waals surface area contributed by atoms with E-state index < -0.39 is 0 Å². The van der Waals surface area contributed by atoms with Crippen molar-refractivity contribution in [2.24, 2.45) is 0 Å². The van der Waals surface area contributed by atoms with E-state index >= 15 is 0 Å². The Bertz CT molecular complexity index is 314. The Morgan fingerprint density at radius 3 is 3.08 bits per heavy atom. The fourth-order valence-electron chi connectivity index (χ4n) is 1.22. The second kappa shape index (κ2) is 3.14. The van der Waals surface area contributed by atoms with Crippen LogP contribution in [-0.4, -0.2) is 24.4 Å². The first-order valence-corrected chi connectivity index (χ1v) is 4.09. The number of aliphatic hydroxyl groups is 1. The molecule has 1 aliphatic rings. The molecule has 4 heteroatoms. The molecule has 1 aliphatic heterocycles. The molecule has 13 heavy (non-hydrogen) atoms. The summed E-state index contributed by atoms with van der Waals surface area (Å²) in [5.41, 5.74) is 6.21. The zero-order chi connectivity index (χ0) is 9.26. The number of hydrogen-bond donors (Lipinski definition) is 2. The van der Waals surface area contributed by atoms with E-state index in [1.807, 2.05) is 0 Å². The number of aliphatic hydroxyl groups excluding tert-OH is 1. The molecule has 70 valence electrons. The minimum atomic E-state index is -0.267. The zero-order valence-corrected chi connectivity index (χ0v) is 7.06. The van der Waals surface area contributed by atoms with Crippen LogP contribution in [0, 0.1) is 0 Å². The van der Waals surface area contributed by atoms with E-state index in [0.29, 0.717) is 23.8 Å². The van der Waals surface area contributed by atoms with Gasteiger partial charge in [0.25, 0.3) is 0 Å². The first-order valence-electron chi connectivity index (χ1n) is 4.09. The zero-order valence-electron chi connectivity index (χ0n) is 7.06. The van der Waals surface area contributed by atoms with Crippen molar-refractivity contribution in [2.45, 2.75) is 6.10 Å². The van der Waals surface area contributed by atoms with Gasteiger partial charge in [-0.2, -0.15) is 0 Å². The highest BCUT2D eigenvalue weighted by molar-refractivity contribution is 5.52. The number of benzene rings is 1. The lowest BCUT2D eigenvalue weighted by molar-refractivity contribution is 0.0457. The molecule has 1 aromatic carbocycles. The fourth-order valence-corrected chi connectivity index (χ4v) is 1.22. The van der Waals surface area contributed by atoms with Crippen molar-refractivity contribution in [3.05, 3.63) is 18.2 Å². The van der Waals surface area contributed by atoms with Crippen LogP contribution in [-0.2, 0) is 0 Å². The van der Waals surface area contributed by atoms with Crippen molar-refractivity contribution in [3.63, 3.8) is 0 Å². The van der Waals surface area contributed by atoms with Crippen LogP contribution in [0.3, 0.4) is 0 Å². The van der Waals surface area contributed by atoms with Gasteiger partial charge in [0.15, 0.2) is 17.6 Å². The Kier molecular flexibility index (Phi) is 1.98. The van der Waals surface area contributed by atoms with Crippen molar-refractivity contribution in [1.82, 2.24) is 0 Å². The molecular weight excluding hydrogens is 170 g/mol. The Hall–Kier alpha value is -1.42. The molecule has 1 heterocycles. The molecule has 0 amide bonds. The van der Waals surface area contributed by atoms with Gasteiger partial charge in [0.2, 0.25) is 0 Å². The predicted octanol–water partition coefficient (Wildman–Crippen LogP) is 0.401. The molecule has 0 saturated heterocycles. The highest BCUT2D eigenvalue weighted by Gasteiger charge is 2.19. The molecular formula is C9H11NO3. The maximum absolute atomic E-state index is 8.84. The first-order chi connectivity index (χ1) is 6.29. The summed E-state index contributed by atoms with van der Waals surface area (Å²) in [6.45, 7) is 0.330. The summed E-state index contributed by atoms with van der Waals surface area (Å²) in [6.07, 6.45) is -0.267. The third kappa shape index (κ3) is 1.53. The normalized spacial score (nSPS) is 19.9. The van der Waals surface area contributed by atoms with Gasteiger partial charge in [-0.25, -0.2) is 0 Å². The van der Waals surface area contributed by atoms with Crippen molar-refractivity contribution in [3.8, 4) is 11.5 Å².